The van der Waals surface area contributed by atoms with E-state index >= 15 is 0 Å². The van der Waals surface area contributed by atoms with E-state index in [1.54, 1.807) is 0 Å². The van der Waals surface area contributed by atoms with E-state index in [-0.39, 0.29) is 33.7 Å². The number of aromatic carboxylic acids is 1. The molecule has 0 fully saturated rings. The van der Waals surface area contributed by atoms with Gasteiger partial charge in [-0.1, -0.05) is 12.1 Å². The minimum Gasteiger partial charge on any atom is -0.477 e. The Labute approximate surface area is 135 Å². The standard InChI is InChI=1S/C16H12FNO4S/c1-18-11-7-12(16(21)22)23-14(11)13(19)10(15(18)20)6-8-2-4-9(17)5-3-8/h2-5,7,10H,6H2,1H3,(H,21,22). The van der Waals surface area contributed by atoms with Gasteiger partial charge in [0.1, 0.15) is 16.6 Å². The normalized spacial score (nSPS) is 17.3. The molecule has 1 atom stereocenters. The number of carboxylic acid groups (broad SMARTS) is 1. The molecule has 1 aromatic heterocycles. The lowest BCUT2D eigenvalue weighted by atomic mass is 9.90. The van der Waals surface area contributed by atoms with Crippen molar-refractivity contribution in [3.8, 4) is 0 Å². The van der Waals surface area contributed by atoms with Crippen molar-refractivity contribution in [1.82, 2.24) is 0 Å². The largest absolute Gasteiger partial charge is 0.477 e. The van der Waals surface area contributed by atoms with Crippen molar-refractivity contribution in [2.75, 3.05) is 11.9 Å². The number of ketones is 1. The predicted molar refractivity (Wildman–Crippen MR) is 82.6 cm³/mol. The first-order chi connectivity index (χ1) is 10.9. The Balaban J connectivity index is 1.96. The van der Waals surface area contributed by atoms with Gasteiger partial charge in [0, 0.05) is 7.05 Å². The first kappa shape index (κ1) is 15.4. The third kappa shape index (κ3) is 2.63. The average Bonchev–Trinajstić information content (AvgIpc) is 2.97. The van der Waals surface area contributed by atoms with Crippen LogP contribution in [0.2, 0.25) is 0 Å². The van der Waals surface area contributed by atoms with E-state index in [4.69, 9.17) is 5.11 Å². The molecule has 1 aromatic carbocycles. The number of Topliss-reactive ketones (excluding diaryl/α,β-unsaturated/α-hetero) is 1. The second-order valence-corrected chi connectivity index (χ2v) is 6.33. The summed E-state index contributed by atoms with van der Waals surface area (Å²) in [6, 6.07) is 6.95. The van der Waals surface area contributed by atoms with Crippen LogP contribution in [-0.2, 0) is 11.2 Å². The molecule has 0 saturated heterocycles. The van der Waals surface area contributed by atoms with Gasteiger partial charge >= 0.3 is 5.97 Å². The number of fused-ring (bicyclic) bond motifs is 1. The average molecular weight is 333 g/mol. The lowest BCUT2D eigenvalue weighted by molar-refractivity contribution is -0.120. The molecular formula is C16H12FNO4S. The van der Waals surface area contributed by atoms with Crippen molar-refractivity contribution in [3.63, 3.8) is 0 Å². The maximum absolute atomic E-state index is 13.0. The number of halogens is 1. The summed E-state index contributed by atoms with van der Waals surface area (Å²) >= 11 is 0.871. The fourth-order valence-electron chi connectivity index (χ4n) is 2.57. The zero-order valence-corrected chi connectivity index (χ0v) is 12.9. The van der Waals surface area contributed by atoms with Crippen LogP contribution in [0.15, 0.2) is 30.3 Å². The molecule has 1 amide bonds. The summed E-state index contributed by atoms with van der Waals surface area (Å²) in [6.07, 6.45) is 0.155. The van der Waals surface area contributed by atoms with Gasteiger partial charge in [-0.3, -0.25) is 9.59 Å². The zero-order valence-electron chi connectivity index (χ0n) is 12.1. The number of hydrogen-bond donors (Lipinski definition) is 1. The summed E-state index contributed by atoms with van der Waals surface area (Å²) in [5, 5.41) is 9.06. The Hall–Kier alpha value is -2.54. The number of nitrogens with zero attached hydrogens (tertiary/aromatic N) is 1. The van der Waals surface area contributed by atoms with E-state index in [1.807, 2.05) is 0 Å². The highest BCUT2D eigenvalue weighted by molar-refractivity contribution is 7.16. The highest BCUT2D eigenvalue weighted by Gasteiger charge is 2.39. The van der Waals surface area contributed by atoms with E-state index in [0.29, 0.717) is 11.3 Å². The molecule has 1 aliphatic heterocycles. The van der Waals surface area contributed by atoms with Gasteiger partial charge in [-0.15, -0.1) is 11.3 Å². The van der Waals surface area contributed by atoms with Crippen molar-refractivity contribution in [2.45, 2.75) is 6.42 Å². The number of carbonyl (C=O) groups is 3. The van der Waals surface area contributed by atoms with Gasteiger partial charge in [0.05, 0.1) is 10.6 Å². The summed E-state index contributed by atoms with van der Waals surface area (Å²) < 4.78 is 13.0. The molecule has 0 saturated carbocycles. The van der Waals surface area contributed by atoms with E-state index < -0.39 is 11.9 Å². The van der Waals surface area contributed by atoms with Crippen molar-refractivity contribution in [3.05, 3.63) is 51.5 Å². The smallest absolute Gasteiger partial charge is 0.345 e. The number of carboxylic acids is 1. The third-order valence-electron chi connectivity index (χ3n) is 3.81. The number of amides is 1. The molecule has 1 aliphatic rings. The summed E-state index contributed by atoms with van der Waals surface area (Å²) in [5.74, 6) is -3.21. The first-order valence-electron chi connectivity index (χ1n) is 6.82. The Bertz CT molecular complexity index is 812. The summed E-state index contributed by atoms with van der Waals surface area (Å²) in [7, 11) is 1.52. The fraction of sp³-hybridized carbons (Fsp3) is 0.188. The quantitative estimate of drug-likeness (QED) is 0.876. The van der Waals surface area contributed by atoms with Gasteiger partial charge in [0.2, 0.25) is 5.91 Å². The van der Waals surface area contributed by atoms with Gasteiger partial charge in [0.15, 0.2) is 5.78 Å². The van der Waals surface area contributed by atoms with Crippen LogP contribution in [0.4, 0.5) is 10.1 Å². The van der Waals surface area contributed by atoms with Crippen molar-refractivity contribution < 1.29 is 23.9 Å². The van der Waals surface area contributed by atoms with Crippen LogP contribution in [0, 0.1) is 11.7 Å². The molecule has 1 unspecified atom stereocenters. The van der Waals surface area contributed by atoms with Crippen LogP contribution in [0.5, 0.6) is 0 Å². The van der Waals surface area contributed by atoms with Gasteiger partial charge in [-0.2, -0.15) is 0 Å². The number of carbonyl (C=O) groups excluding carboxylic acids is 2. The lowest BCUT2D eigenvalue weighted by Crippen LogP contribution is -2.42. The minimum absolute atomic E-state index is 0.0189. The predicted octanol–water partition coefficient (Wildman–Crippen LogP) is 2.60. The minimum atomic E-state index is -1.13. The Morgan fingerprint density at radius 1 is 1.30 bits per heavy atom. The molecule has 3 rings (SSSR count). The molecule has 118 valence electrons. The number of hydrogen-bond acceptors (Lipinski definition) is 4. The maximum atomic E-state index is 13.0. The molecule has 2 heterocycles. The van der Waals surface area contributed by atoms with Crippen LogP contribution < -0.4 is 4.90 Å². The Morgan fingerprint density at radius 3 is 2.57 bits per heavy atom. The number of anilines is 1. The number of thiophene rings is 1. The maximum Gasteiger partial charge on any atom is 0.345 e. The molecule has 0 radical (unpaired) electrons. The van der Waals surface area contributed by atoms with E-state index in [2.05, 4.69) is 0 Å². The molecule has 0 aliphatic carbocycles. The second kappa shape index (κ2) is 5.58. The molecule has 1 N–H and O–H groups in total. The topological polar surface area (TPSA) is 74.7 Å². The Morgan fingerprint density at radius 2 is 1.96 bits per heavy atom. The number of rotatable bonds is 3. The van der Waals surface area contributed by atoms with Crippen molar-refractivity contribution >= 4 is 34.7 Å². The Kier molecular flexibility index (Phi) is 3.73. The highest BCUT2D eigenvalue weighted by atomic mass is 32.1. The summed E-state index contributed by atoms with van der Waals surface area (Å²) in [4.78, 5) is 37.7. The lowest BCUT2D eigenvalue weighted by Gasteiger charge is -2.28. The van der Waals surface area contributed by atoms with Gasteiger partial charge in [-0.25, -0.2) is 9.18 Å². The van der Waals surface area contributed by atoms with Crippen LogP contribution in [0.3, 0.4) is 0 Å². The van der Waals surface area contributed by atoms with Crippen molar-refractivity contribution in [2.24, 2.45) is 5.92 Å². The van der Waals surface area contributed by atoms with Crippen LogP contribution in [0.1, 0.15) is 24.9 Å². The van der Waals surface area contributed by atoms with Crippen LogP contribution in [-0.4, -0.2) is 29.8 Å². The molecule has 23 heavy (non-hydrogen) atoms. The van der Waals surface area contributed by atoms with Crippen molar-refractivity contribution in [1.29, 1.82) is 0 Å². The third-order valence-corrected chi connectivity index (χ3v) is 4.93. The fourth-order valence-corrected chi connectivity index (χ4v) is 3.59. The molecule has 2 aromatic rings. The molecule has 7 heteroatoms. The van der Waals surface area contributed by atoms with E-state index in [9.17, 15) is 18.8 Å². The monoisotopic (exact) mass is 333 g/mol. The molecule has 0 bridgehead atoms. The SMILES string of the molecule is CN1C(=O)C(Cc2ccc(F)cc2)C(=O)c2sc(C(=O)O)cc21. The van der Waals surface area contributed by atoms with Crippen LogP contribution in [0.25, 0.3) is 0 Å². The molecule has 0 spiro atoms. The summed E-state index contributed by atoms with van der Waals surface area (Å²) in [6.45, 7) is 0. The van der Waals surface area contributed by atoms with Crippen LogP contribution >= 0.6 is 11.3 Å². The molecular weight excluding hydrogens is 321 g/mol. The van der Waals surface area contributed by atoms with E-state index in [1.165, 1.54) is 42.3 Å². The first-order valence-corrected chi connectivity index (χ1v) is 7.63. The van der Waals surface area contributed by atoms with Gasteiger partial charge in [0.25, 0.3) is 0 Å². The zero-order chi connectivity index (χ0) is 16.7. The van der Waals surface area contributed by atoms with Gasteiger partial charge in [-0.05, 0) is 30.2 Å². The van der Waals surface area contributed by atoms with E-state index in [0.717, 1.165) is 11.3 Å². The van der Waals surface area contributed by atoms with Gasteiger partial charge < -0.3 is 10.0 Å². The molecule has 5 nitrogen and oxygen atoms in total. The summed E-state index contributed by atoms with van der Waals surface area (Å²) in [5.41, 5.74) is 1.00. The second-order valence-electron chi connectivity index (χ2n) is 5.27. The number of benzene rings is 1. The highest BCUT2D eigenvalue weighted by Crippen LogP contribution is 2.37.